The van der Waals surface area contributed by atoms with Crippen LogP contribution in [-0.2, 0) is 6.42 Å². The molecular weight excluding hydrogens is 160 g/mol. The Morgan fingerprint density at radius 1 is 1.15 bits per heavy atom. The lowest BCUT2D eigenvalue weighted by Crippen LogP contribution is -2.29. The van der Waals surface area contributed by atoms with Crippen molar-refractivity contribution < 1.29 is 0 Å². The summed E-state index contributed by atoms with van der Waals surface area (Å²) in [6, 6.07) is 10.6. The lowest BCUT2D eigenvalue weighted by Gasteiger charge is -2.07. The number of nitrogens with two attached hydrogens (primary N) is 2. The molecule has 2 heteroatoms. The average Bonchev–Trinajstić information content (AvgIpc) is 2.19. The first-order chi connectivity index (χ1) is 6.33. The molecule has 1 aromatic carbocycles. The molecule has 0 amide bonds. The highest BCUT2D eigenvalue weighted by Crippen LogP contribution is 2.05. The molecule has 1 rings (SSSR count). The molecular formula is C11H18N2. The minimum Gasteiger partial charge on any atom is -0.329 e. The van der Waals surface area contributed by atoms with Crippen LogP contribution in [0.15, 0.2) is 30.3 Å². The Labute approximate surface area is 79.9 Å². The number of hydrogen-bond acceptors (Lipinski definition) is 2. The Bertz CT molecular complexity index is 221. The van der Waals surface area contributed by atoms with Crippen molar-refractivity contribution in [2.45, 2.75) is 25.3 Å². The summed E-state index contributed by atoms with van der Waals surface area (Å²) < 4.78 is 0. The van der Waals surface area contributed by atoms with Gasteiger partial charge in [-0.15, -0.1) is 0 Å². The second-order valence-electron chi connectivity index (χ2n) is 3.37. The lowest BCUT2D eigenvalue weighted by molar-refractivity contribution is 0.591. The van der Waals surface area contributed by atoms with Gasteiger partial charge in [-0.3, -0.25) is 0 Å². The molecule has 13 heavy (non-hydrogen) atoms. The molecule has 2 nitrogen and oxygen atoms in total. The molecule has 0 saturated carbocycles. The van der Waals surface area contributed by atoms with Gasteiger partial charge >= 0.3 is 0 Å². The van der Waals surface area contributed by atoms with Gasteiger partial charge < -0.3 is 11.5 Å². The third kappa shape index (κ3) is 4.06. The number of hydrogen-bond donors (Lipinski definition) is 2. The molecule has 0 bridgehead atoms. The molecule has 0 aliphatic carbocycles. The quantitative estimate of drug-likeness (QED) is 0.714. The minimum atomic E-state index is 0.170. The third-order valence-electron chi connectivity index (χ3n) is 2.19. The molecule has 4 N–H and O–H groups in total. The minimum absolute atomic E-state index is 0.170. The van der Waals surface area contributed by atoms with Crippen LogP contribution in [0.5, 0.6) is 0 Å². The van der Waals surface area contributed by atoms with Crippen LogP contribution in [0.1, 0.15) is 18.4 Å². The van der Waals surface area contributed by atoms with Crippen molar-refractivity contribution in [1.29, 1.82) is 0 Å². The van der Waals surface area contributed by atoms with Crippen molar-refractivity contribution in [3.05, 3.63) is 35.9 Å². The van der Waals surface area contributed by atoms with Crippen molar-refractivity contribution in [2.24, 2.45) is 11.5 Å². The highest BCUT2D eigenvalue weighted by atomic mass is 14.7. The fourth-order valence-electron chi connectivity index (χ4n) is 1.33. The van der Waals surface area contributed by atoms with Crippen LogP contribution in [0.25, 0.3) is 0 Å². The number of benzene rings is 1. The summed E-state index contributed by atoms with van der Waals surface area (Å²) in [6.45, 7) is 0.592. The smallest absolute Gasteiger partial charge is 0.0163 e. The van der Waals surface area contributed by atoms with Gasteiger partial charge in [-0.25, -0.2) is 0 Å². The van der Waals surface area contributed by atoms with Crippen LogP contribution in [0.4, 0.5) is 0 Å². The van der Waals surface area contributed by atoms with Gasteiger partial charge in [0.25, 0.3) is 0 Å². The number of aryl methyl sites for hydroxylation is 1. The average molecular weight is 178 g/mol. The third-order valence-corrected chi connectivity index (χ3v) is 2.19. The van der Waals surface area contributed by atoms with Gasteiger partial charge in [0.1, 0.15) is 0 Å². The second-order valence-corrected chi connectivity index (χ2v) is 3.37. The fraction of sp³-hybridized carbons (Fsp3) is 0.455. The van der Waals surface area contributed by atoms with E-state index < -0.39 is 0 Å². The van der Waals surface area contributed by atoms with Gasteiger partial charge in [-0.05, 0) is 24.8 Å². The zero-order valence-electron chi connectivity index (χ0n) is 7.95. The van der Waals surface area contributed by atoms with Crippen LogP contribution in [-0.4, -0.2) is 12.6 Å². The first-order valence-corrected chi connectivity index (χ1v) is 4.82. The summed E-state index contributed by atoms with van der Waals surface area (Å²) in [5.41, 5.74) is 12.5. The van der Waals surface area contributed by atoms with Gasteiger partial charge in [-0.2, -0.15) is 0 Å². The summed E-state index contributed by atoms with van der Waals surface area (Å²) in [6.07, 6.45) is 3.25. The Hall–Kier alpha value is -0.860. The van der Waals surface area contributed by atoms with E-state index >= 15 is 0 Å². The van der Waals surface area contributed by atoms with Crippen LogP contribution < -0.4 is 11.5 Å². The molecule has 1 aromatic rings. The summed E-state index contributed by atoms with van der Waals surface area (Å²) in [4.78, 5) is 0. The molecule has 1 atom stereocenters. The van der Waals surface area contributed by atoms with Crippen molar-refractivity contribution in [3.63, 3.8) is 0 Å². The van der Waals surface area contributed by atoms with Gasteiger partial charge in [-0.1, -0.05) is 30.3 Å². The molecule has 0 saturated heterocycles. The number of rotatable bonds is 5. The summed E-state index contributed by atoms with van der Waals surface area (Å²) in [5.74, 6) is 0. The Kier molecular flexibility index (Phi) is 4.50. The van der Waals surface area contributed by atoms with E-state index in [1.54, 1.807) is 0 Å². The molecule has 0 aliphatic rings. The molecule has 0 fully saturated rings. The Morgan fingerprint density at radius 2 is 1.85 bits per heavy atom. The SMILES string of the molecule is NCC(N)CCCc1ccccc1. The van der Waals surface area contributed by atoms with Gasteiger partial charge in [0.15, 0.2) is 0 Å². The van der Waals surface area contributed by atoms with E-state index in [-0.39, 0.29) is 6.04 Å². The summed E-state index contributed by atoms with van der Waals surface area (Å²) >= 11 is 0. The molecule has 72 valence electrons. The highest BCUT2D eigenvalue weighted by molar-refractivity contribution is 5.14. The van der Waals surface area contributed by atoms with Crippen LogP contribution in [0.3, 0.4) is 0 Å². The van der Waals surface area contributed by atoms with Crippen molar-refractivity contribution in [1.82, 2.24) is 0 Å². The molecule has 0 spiro atoms. The van der Waals surface area contributed by atoms with E-state index in [9.17, 15) is 0 Å². The van der Waals surface area contributed by atoms with Crippen molar-refractivity contribution >= 4 is 0 Å². The molecule has 0 aromatic heterocycles. The lowest BCUT2D eigenvalue weighted by atomic mass is 10.1. The maximum atomic E-state index is 5.71. The maximum absolute atomic E-state index is 5.71. The molecule has 1 unspecified atom stereocenters. The molecule has 0 heterocycles. The first kappa shape index (κ1) is 10.2. The van der Waals surface area contributed by atoms with Gasteiger partial charge in [0.05, 0.1) is 0 Å². The molecule has 0 radical (unpaired) electrons. The van der Waals surface area contributed by atoms with E-state index in [1.165, 1.54) is 5.56 Å². The van der Waals surface area contributed by atoms with Crippen molar-refractivity contribution in [2.75, 3.05) is 6.54 Å². The standard InChI is InChI=1S/C11H18N2/c12-9-11(13)8-4-7-10-5-2-1-3-6-10/h1-3,5-6,11H,4,7-9,12-13H2. The van der Waals surface area contributed by atoms with Crippen LogP contribution >= 0.6 is 0 Å². The summed E-state index contributed by atoms with van der Waals surface area (Å²) in [5, 5.41) is 0. The zero-order chi connectivity index (χ0) is 9.52. The van der Waals surface area contributed by atoms with E-state index in [2.05, 4.69) is 24.3 Å². The Morgan fingerprint density at radius 3 is 2.46 bits per heavy atom. The maximum Gasteiger partial charge on any atom is 0.0163 e. The highest BCUT2D eigenvalue weighted by Gasteiger charge is 1.98. The van der Waals surface area contributed by atoms with E-state index in [0.717, 1.165) is 19.3 Å². The predicted molar refractivity (Wildman–Crippen MR) is 56.4 cm³/mol. The Balaban J connectivity index is 2.20. The van der Waals surface area contributed by atoms with E-state index in [1.807, 2.05) is 6.07 Å². The van der Waals surface area contributed by atoms with E-state index in [4.69, 9.17) is 11.5 Å². The second kappa shape index (κ2) is 5.73. The van der Waals surface area contributed by atoms with Crippen LogP contribution in [0.2, 0.25) is 0 Å². The van der Waals surface area contributed by atoms with Gasteiger partial charge in [0.2, 0.25) is 0 Å². The fourth-order valence-corrected chi connectivity index (χ4v) is 1.33. The van der Waals surface area contributed by atoms with Crippen molar-refractivity contribution in [3.8, 4) is 0 Å². The normalized spacial score (nSPS) is 12.8. The largest absolute Gasteiger partial charge is 0.329 e. The molecule has 0 aliphatic heterocycles. The van der Waals surface area contributed by atoms with Crippen LogP contribution in [0, 0.1) is 0 Å². The topological polar surface area (TPSA) is 52.0 Å². The van der Waals surface area contributed by atoms with Gasteiger partial charge in [0, 0.05) is 12.6 Å². The van der Waals surface area contributed by atoms with E-state index in [0.29, 0.717) is 6.54 Å². The zero-order valence-corrected chi connectivity index (χ0v) is 7.95. The summed E-state index contributed by atoms with van der Waals surface area (Å²) in [7, 11) is 0. The monoisotopic (exact) mass is 178 g/mol. The predicted octanol–water partition coefficient (Wildman–Crippen LogP) is 1.30. The first-order valence-electron chi connectivity index (χ1n) is 4.82.